The first-order valence-corrected chi connectivity index (χ1v) is 19.2. The summed E-state index contributed by atoms with van der Waals surface area (Å²) in [5.41, 5.74) is 8.18. The molecule has 56 heavy (non-hydrogen) atoms. The summed E-state index contributed by atoms with van der Waals surface area (Å²) < 4.78 is 24.6. The van der Waals surface area contributed by atoms with Crippen LogP contribution in [0.4, 0.5) is 4.39 Å². The number of nitrogens with zero attached hydrogens (tertiary/aromatic N) is 1. The zero-order valence-electron chi connectivity index (χ0n) is 33.0. The van der Waals surface area contributed by atoms with E-state index in [1.165, 1.54) is 30.3 Å². The van der Waals surface area contributed by atoms with E-state index in [-0.39, 0.29) is 48.2 Å². The van der Waals surface area contributed by atoms with Gasteiger partial charge >= 0.3 is 0 Å². The van der Waals surface area contributed by atoms with Gasteiger partial charge in [0, 0.05) is 23.6 Å². The quantitative estimate of drug-likeness (QED) is 0.0606. The highest BCUT2D eigenvalue weighted by Gasteiger charge is 2.29. The molecule has 1 amide bonds. The number of nitrogens with two attached hydrogens (primary N) is 1. The minimum atomic E-state index is -1.20. The largest absolute Gasteiger partial charge is 0.497 e. The van der Waals surface area contributed by atoms with Crippen molar-refractivity contribution in [2.45, 2.75) is 83.9 Å². The van der Waals surface area contributed by atoms with Gasteiger partial charge in [0.1, 0.15) is 23.4 Å². The minimum Gasteiger partial charge on any atom is -0.497 e. The van der Waals surface area contributed by atoms with Crippen molar-refractivity contribution in [1.29, 1.82) is 0 Å². The van der Waals surface area contributed by atoms with Gasteiger partial charge in [-0.05, 0) is 104 Å². The van der Waals surface area contributed by atoms with Crippen LogP contribution in [0.2, 0.25) is 0 Å². The topological polar surface area (TPSA) is 138 Å². The molecular formula is C46H54FN3O6. The van der Waals surface area contributed by atoms with Gasteiger partial charge < -0.3 is 20.5 Å². The van der Waals surface area contributed by atoms with Crippen LogP contribution in [0.15, 0.2) is 103 Å². The van der Waals surface area contributed by atoms with Crippen LogP contribution in [0.25, 0.3) is 6.08 Å². The number of hydrogen-bond acceptors (Lipinski definition) is 8. The van der Waals surface area contributed by atoms with Gasteiger partial charge in [-0.3, -0.25) is 24.2 Å². The first-order chi connectivity index (χ1) is 26.8. The van der Waals surface area contributed by atoms with Crippen LogP contribution in [0, 0.1) is 17.7 Å². The molecule has 1 aromatic heterocycles. The number of pyridine rings is 1. The molecule has 4 atom stereocenters. The van der Waals surface area contributed by atoms with Crippen LogP contribution < -0.4 is 15.8 Å². The molecular weight excluding hydrogens is 710 g/mol. The average molecular weight is 764 g/mol. The maximum atomic E-state index is 14.2. The van der Waals surface area contributed by atoms with Crippen LogP contribution in [0.3, 0.4) is 0 Å². The van der Waals surface area contributed by atoms with Crippen LogP contribution in [-0.4, -0.2) is 53.5 Å². The molecule has 0 spiro atoms. The molecule has 0 bridgehead atoms. The number of halogens is 1. The lowest BCUT2D eigenvalue weighted by atomic mass is 9.81. The molecule has 3 unspecified atom stereocenters. The Labute approximate surface area is 329 Å². The molecule has 0 aliphatic heterocycles. The van der Waals surface area contributed by atoms with E-state index in [2.05, 4.69) is 10.3 Å². The van der Waals surface area contributed by atoms with Crippen LogP contribution in [-0.2, 0) is 25.7 Å². The zero-order chi connectivity index (χ0) is 40.7. The third-order valence-electron chi connectivity index (χ3n) is 9.74. The molecule has 3 N–H and O–H groups in total. The number of ketones is 3. The van der Waals surface area contributed by atoms with Crippen molar-refractivity contribution in [2.75, 3.05) is 13.7 Å². The fraction of sp³-hybridized carbons (Fsp3) is 0.370. The molecule has 4 rings (SSSR count). The number of methoxy groups -OCH3 is 1. The first kappa shape index (κ1) is 43.4. The van der Waals surface area contributed by atoms with Crippen LogP contribution in [0.5, 0.6) is 5.75 Å². The number of amides is 1. The molecule has 0 aliphatic rings. The number of ether oxygens (including phenoxy) is 2. The Balaban J connectivity index is 1.47. The van der Waals surface area contributed by atoms with Crippen molar-refractivity contribution < 1.29 is 33.0 Å². The Bertz CT molecular complexity index is 1910. The number of carbonyl (C=O) groups is 4. The lowest BCUT2D eigenvalue weighted by molar-refractivity contribution is -0.130. The summed E-state index contributed by atoms with van der Waals surface area (Å²) >= 11 is 0. The van der Waals surface area contributed by atoms with Gasteiger partial charge in [0.25, 0.3) is 0 Å². The highest BCUT2D eigenvalue weighted by molar-refractivity contribution is 6.00. The number of hydrogen-bond donors (Lipinski definition) is 2. The number of carbonyl (C=O) groups excluding carboxylic acids is 4. The Kier molecular flexibility index (Phi) is 16.4. The summed E-state index contributed by atoms with van der Waals surface area (Å²) in [6, 6.07) is 25.2. The summed E-state index contributed by atoms with van der Waals surface area (Å²) in [6.45, 7) is 7.28. The van der Waals surface area contributed by atoms with E-state index in [9.17, 15) is 23.6 Å². The van der Waals surface area contributed by atoms with Gasteiger partial charge in [0.15, 0.2) is 11.6 Å². The van der Waals surface area contributed by atoms with E-state index in [0.29, 0.717) is 48.3 Å². The monoisotopic (exact) mass is 763 g/mol. The van der Waals surface area contributed by atoms with Crippen LogP contribution >= 0.6 is 0 Å². The Morgan fingerprint density at radius 1 is 0.893 bits per heavy atom. The van der Waals surface area contributed by atoms with Crippen molar-refractivity contribution in [2.24, 2.45) is 17.6 Å². The third-order valence-corrected chi connectivity index (χ3v) is 9.74. The molecule has 296 valence electrons. The summed E-state index contributed by atoms with van der Waals surface area (Å²) in [6.07, 6.45) is 8.00. The normalized spacial score (nSPS) is 13.8. The van der Waals surface area contributed by atoms with E-state index in [1.54, 1.807) is 39.3 Å². The highest BCUT2D eigenvalue weighted by atomic mass is 19.1. The molecule has 4 aromatic rings. The molecule has 0 radical (unpaired) electrons. The lowest BCUT2D eigenvalue weighted by Crippen LogP contribution is -2.55. The van der Waals surface area contributed by atoms with E-state index >= 15 is 0 Å². The molecule has 0 saturated heterocycles. The van der Waals surface area contributed by atoms with E-state index < -0.39 is 23.4 Å². The van der Waals surface area contributed by atoms with Crippen molar-refractivity contribution in [3.63, 3.8) is 0 Å². The standard InChI is InChI=1S/C46H54FN3O6/c1-6-11-34(44(53)35-16-21-37(47)22-17-35)15-10-12-31(2)43(52)42(33-19-25-39(55-5)26-20-33)36-18-23-38(49-28-36)24-27-41(51)40(50-45(54)46(3,4)48)30-56-29-32-13-8-7-9-14-32/h7-9,13-14,16-28,31,34,40,42H,6,10-12,15,29-30,48H2,1-5H3,(H,50,54)/t31?,34?,40-,42?/m1/s1. The first-order valence-electron chi connectivity index (χ1n) is 19.2. The Morgan fingerprint density at radius 2 is 1.57 bits per heavy atom. The van der Waals surface area contributed by atoms with Crippen molar-refractivity contribution in [3.05, 3.63) is 137 Å². The van der Waals surface area contributed by atoms with E-state index in [0.717, 1.165) is 17.5 Å². The van der Waals surface area contributed by atoms with Gasteiger partial charge in [0.05, 0.1) is 37.5 Å². The molecule has 10 heteroatoms. The Hall–Kier alpha value is -5.32. The van der Waals surface area contributed by atoms with Gasteiger partial charge in [-0.1, -0.05) is 75.2 Å². The molecule has 1 heterocycles. The second-order valence-electron chi connectivity index (χ2n) is 14.8. The predicted octanol–water partition coefficient (Wildman–Crippen LogP) is 8.06. The number of nitrogens with one attached hydrogen (secondary N) is 1. The smallest absolute Gasteiger partial charge is 0.240 e. The van der Waals surface area contributed by atoms with Gasteiger partial charge in [0.2, 0.25) is 5.91 Å². The molecule has 0 fully saturated rings. The second kappa shape index (κ2) is 21.1. The van der Waals surface area contributed by atoms with Crippen molar-refractivity contribution in [3.8, 4) is 5.75 Å². The fourth-order valence-electron chi connectivity index (χ4n) is 6.40. The van der Waals surface area contributed by atoms with Crippen molar-refractivity contribution in [1.82, 2.24) is 10.3 Å². The molecule has 3 aromatic carbocycles. The summed E-state index contributed by atoms with van der Waals surface area (Å²) in [7, 11) is 1.58. The number of rotatable bonds is 22. The van der Waals surface area contributed by atoms with E-state index in [1.807, 2.05) is 74.5 Å². The summed E-state index contributed by atoms with van der Waals surface area (Å²) in [4.78, 5) is 58.1. The van der Waals surface area contributed by atoms with Gasteiger partial charge in [-0.25, -0.2) is 4.39 Å². The molecule has 9 nitrogen and oxygen atoms in total. The predicted molar refractivity (Wildman–Crippen MR) is 217 cm³/mol. The number of benzene rings is 3. The third kappa shape index (κ3) is 12.9. The summed E-state index contributed by atoms with van der Waals surface area (Å²) in [5.74, 6) is -1.72. The van der Waals surface area contributed by atoms with Gasteiger partial charge in [-0.15, -0.1) is 0 Å². The van der Waals surface area contributed by atoms with Gasteiger partial charge in [-0.2, -0.15) is 0 Å². The summed E-state index contributed by atoms with van der Waals surface area (Å²) in [5, 5.41) is 2.71. The Morgan fingerprint density at radius 3 is 2.18 bits per heavy atom. The van der Waals surface area contributed by atoms with Crippen LogP contribution in [0.1, 0.15) is 98.5 Å². The zero-order valence-corrected chi connectivity index (χ0v) is 33.0. The van der Waals surface area contributed by atoms with Crippen molar-refractivity contribution >= 4 is 29.3 Å². The average Bonchev–Trinajstić information content (AvgIpc) is 3.20. The fourth-order valence-corrected chi connectivity index (χ4v) is 6.40. The second-order valence-corrected chi connectivity index (χ2v) is 14.8. The highest BCUT2D eigenvalue weighted by Crippen LogP contribution is 2.32. The SMILES string of the molecule is CCCC(CCCC(C)C(=O)C(c1ccc(OC)cc1)c1ccc(C=CC(=O)[C@@H](COCc2ccccc2)NC(=O)C(C)(C)N)nc1)C(=O)c1ccc(F)cc1. The van der Waals surface area contributed by atoms with E-state index in [4.69, 9.17) is 15.2 Å². The molecule has 0 saturated carbocycles. The lowest BCUT2D eigenvalue weighted by Gasteiger charge is -2.23. The minimum absolute atomic E-state index is 0.0000227. The maximum absolute atomic E-state index is 14.2. The maximum Gasteiger partial charge on any atom is 0.240 e. The molecule has 0 aliphatic carbocycles. The number of Topliss-reactive ketones (excluding diaryl/α,β-unsaturated/α-hetero) is 2. The number of aromatic nitrogens is 1.